The molecule has 7 nitrogen and oxygen atoms in total. The predicted molar refractivity (Wildman–Crippen MR) is 123 cm³/mol. The Morgan fingerprint density at radius 3 is 2.60 bits per heavy atom. The van der Waals surface area contributed by atoms with Gasteiger partial charge in [0.25, 0.3) is 0 Å². The highest BCUT2D eigenvalue weighted by atomic mass is 19.2. The first-order chi connectivity index (χ1) is 16.8. The number of oxime groups is 1. The van der Waals surface area contributed by atoms with Crippen LogP contribution >= 0.6 is 0 Å². The van der Waals surface area contributed by atoms with Crippen LogP contribution in [0.3, 0.4) is 0 Å². The maximum Gasteiger partial charge on any atom is 0.194 e. The maximum atomic E-state index is 14.1. The fourth-order valence-corrected chi connectivity index (χ4v) is 4.51. The number of aromatic nitrogens is 2. The lowest BCUT2D eigenvalue weighted by molar-refractivity contribution is -0.0394. The molecule has 2 atom stereocenters. The molecule has 3 aromatic rings. The van der Waals surface area contributed by atoms with Gasteiger partial charge in [0.2, 0.25) is 0 Å². The highest BCUT2D eigenvalue weighted by Crippen LogP contribution is 2.41. The van der Waals surface area contributed by atoms with Gasteiger partial charge in [-0.2, -0.15) is 0 Å². The molecule has 0 N–H and O–H groups in total. The van der Waals surface area contributed by atoms with Gasteiger partial charge in [0.15, 0.2) is 29.4 Å². The number of benzene rings is 2. The van der Waals surface area contributed by atoms with Crippen LogP contribution in [0.4, 0.5) is 13.2 Å². The van der Waals surface area contributed by atoms with Crippen LogP contribution in [0.25, 0.3) is 11.8 Å². The van der Waals surface area contributed by atoms with E-state index in [0.29, 0.717) is 11.6 Å². The van der Waals surface area contributed by atoms with Gasteiger partial charge >= 0.3 is 0 Å². The van der Waals surface area contributed by atoms with Crippen molar-refractivity contribution in [1.82, 2.24) is 14.5 Å². The topological polar surface area (TPSA) is 61.1 Å². The lowest BCUT2D eigenvalue weighted by Gasteiger charge is -2.44. The smallest absolute Gasteiger partial charge is 0.194 e. The quantitative estimate of drug-likeness (QED) is 0.509. The first kappa shape index (κ1) is 23.0. The number of fused-ring (bicyclic) bond motifs is 1. The zero-order valence-electron chi connectivity index (χ0n) is 19.3. The molecule has 5 rings (SSSR count). The lowest BCUT2D eigenvalue weighted by Crippen LogP contribution is -2.57. The van der Waals surface area contributed by atoms with Gasteiger partial charge in [0.1, 0.15) is 11.3 Å². The van der Waals surface area contributed by atoms with Gasteiger partial charge in [0.05, 0.1) is 38.0 Å². The summed E-state index contributed by atoms with van der Waals surface area (Å²) in [6, 6.07) is 7.65. The van der Waals surface area contributed by atoms with E-state index in [9.17, 15) is 13.2 Å². The zero-order chi connectivity index (χ0) is 24.7. The number of imidazole rings is 1. The molecule has 1 aromatic heterocycles. The lowest BCUT2D eigenvalue weighted by atomic mass is 9.84. The molecule has 0 saturated carbocycles. The van der Waals surface area contributed by atoms with Crippen molar-refractivity contribution in [3.05, 3.63) is 83.2 Å². The number of nitrogens with zero attached hydrogens (tertiary/aromatic N) is 4. The Kier molecular flexibility index (Phi) is 5.76. The number of aryl methyl sites for hydroxylation is 1. The van der Waals surface area contributed by atoms with Gasteiger partial charge in [-0.1, -0.05) is 17.3 Å². The third-order valence-corrected chi connectivity index (χ3v) is 6.44. The number of amidine groups is 1. The Bertz CT molecular complexity index is 1320. The standard InChI is InChI=1S/C25H23F3N4O3/c1-15-11-32(14-29-15)20-6-4-16(8-21(20)33-3)5-7-23-30-35-22-12-34-13-25(22,31(23)2)17-9-18(26)24(28)19(27)10-17/h4-11,14,22H,12-13H2,1-3H3/t22?,25-/m0/s1. The molecule has 0 spiro atoms. The van der Waals surface area contributed by atoms with Crippen LogP contribution < -0.4 is 4.74 Å². The van der Waals surface area contributed by atoms with Crippen molar-refractivity contribution in [2.45, 2.75) is 18.6 Å². The summed E-state index contributed by atoms with van der Waals surface area (Å²) >= 11 is 0. The Morgan fingerprint density at radius 2 is 1.91 bits per heavy atom. The Balaban J connectivity index is 1.46. The normalized spacial score (nSPS) is 21.7. The van der Waals surface area contributed by atoms with Crippen LogP contribution in [0.2, 0.25) is 0 Å². The van der Waals surface area contributed by atoms with Gasteiger partial charge in [-0.15, -0.1) is 0 Å². The average molecular weight is 484 g/mol. The minimum atomic E-state index is -1.52. The van der Waals surface area contributed by atoms with E-state index >= 15 is 0 Å². The molecule has 2 aliphatic rings. The highest BCUT2D eigenvalue weighted by Gasteiger charge is 2.54. The molecular formula is C25H23F3N4O3. The summed E-state index contributed by atoms with van der Waals surface area (Å²) in [6.45, 7) is 2.18. The van der Waals surface area contributed by atoms with Crippen LogP contribution in [0.5, 0.6) is 5.75 Å². The molecule has 2 aromatic carbocycles. The molecule has 182 valence electrons. The Hall–Kier alpha value is -3.79. The molecule has 3 heterocycles. The van der Waals surface area contributed by atoms with E-state index in [1.165, 1.54) is 0 Å². The minimum absolute atomic E-state index is 0.0956. The summed E-state index contributed by atoms with van der Waals surface area (Å²) in [5.74, 6) is -3.00. The van der Waals surface area contributed by atoms with Crippen molar-refractivity contribution in [3.63, 3.8) is 0 Å². The Labute approximate surface area is 200 Å². The van der Waals surface area contributed by atoms with Crippen molar-refractivity contribution in [2.75, 3.05) is 27.4 Å². The molecule has 0 aliphatic carbocycles. The summed E-state index contributed by atoms with van der Waals surface area (Å²) in [7, 11) is 3.32. The van der Waals surface area contributed by atoms with Crippen LogP contribution in [0.15, 0.2) is 54.1 Å². The van der Waals surface area contributed by atoms with Crippen LogP contribution in [-0.4, -0.2) is 53.8 Å². The number of hydrogen-bond donors (Lipinski definition) is 0. The van der Waals surface area contributed by atoms with E-state index in [1.807, 2.05) is 42.0 Å². The molecule has 1 unspecified atom stereocenters. The number of rotatable bonds is 5. The molecular weight excluding hydrogens is 461 g/mol. The van der Waals surface area contributed by atoms with Crippen molar-refractivity contribution in [1.29, 1.82) is 0 Å². The number of methoxy groups -OCH3 is 1. The van der Waals surface area contributed by atoms with Gasteiger partial charge < -0.3 is 23.8 Å². The van der Waals surface area contributed by atoms with Crippen LogP contribution in [0, 0.1) is 24.4 Å². The number of likely N-dealkylation sites (N-methyl/N-ethyl adjacent to an activating group) is 1. The second-order valence-corrected chi connectivity index (χ2v) is 8.48. The third-order valence-electron chi connectivity index (χ3n) is 6.44. The fourth-order valence-electron chi connectivity index (χ4n) is 4.51. The number of halogens is 3. The average Bonchev–Trinajstić information content (AvgIpc) is 3.49. The predicted octanol–water partition coefficient (Wildman–Crippen LogP) is 4.19. The molecule has 0 amide bonds. The second-order valence-electron chi connectivity index (χ2n) is 8.48. The molecule has 0 radical (unpaired) electrons. The van der Waals surface area contributed by atoms with Gasteiger partial charge in [-0.25, -0.2) is 18.2 Å². The largest absolute Gasteiger partial charge is 0.495 e. The summed E-state index contributed by atoms with van der Waals surface area (Å²) in [6.07, 6.45) is 6.54. The number of hydrogen-bond acceptors (Lipinski definition) is 6. The molecule has 0 bridgehead atoms. The molecule has 2 aliphatic heterocycles. The fraction of sp³-hybridized carbons (Fsp3) is 0.280. The molecule has 1 saturated heterocycles. The van der Waals surface area contributed by atoms with E-state index in [1.54, 1.807) is 31.5 Å². The zero-order valence-corrected chi connectivity index (χ0v) is 19.3. The SMILES string of the molecule is COc1cc(C=CC2=NOC3COC[C@@]3(c3cc(F)c(F)c(F)c3)N2C)ccc1-n1cnc(C)c1. The molecule has 1 fully saturated rings. The second kappa shape index (κ2) is 8.77. The molecule has 10 heteroatoms. The van der Waals surface area contributed by atoms with E-state index in [4.69, 9.17) is 14.3 Å². The monoisotopic (exact) mass is 484 g/mol. The van der Waals surface area contributed by atoms with Gasteiger partial charge in [0, 0.05) is 13.2 Å². The van der Waals surface area contributed by atoms with Crippen molar-refractivity contribution >= 4 is 11.9 Å². The summed E-state index contributed by atoms with van der Waals surface area (Å²) in [4.78, 5) is 11.7. The Morgan fingerprint density at radius 1 is 1.14 bits per heavy atom. The van der Waals surface area contributed by atoms with E-state index in [-0.39, 0.29) is 18.8 Å². The van der Waals surface area contributed by atoms with E-state index in [0.717, 1.165) is 29.1 Å². The van der Waals surface area contributed by atoms with Gasteiger partial charge in [-0.3, -0.25) is 0 Å². The molecule has 35 heavy (non-hydrogen) atoms. The summed E-state index contributed by atoms with van der Waals surface area (Å²) in [5, 5.41) is 4.18. The highest BCUT2D eigenvalue weighted by molar-refractivity contribution is 5.97. The van der Waals surface area contributed by atoms with Crippen LogP contribution in [-0.2, 0) is 15.1 Å². The van der Waals surface area contributed by atoms with Gasteiger partial charge in [-0.05, 0) is 48.4 Å². The van der Waals surface area contributed by atoms with E-state index in [2.05, 4.69) is 10.1 Å². The summed E-state index contributed by atoms with van der Waals surface area (Å²) in [5.41, 5.74) is 1.69. The number of ether oxygens (including phenoxy) is 2. The third kappa shape index (κ3) is 3.83. The van der Waals surface area contributed by atoms with Crippen molar-refractivity contribution in [3.8, 4) is 11.4 Å². The van der Waals surface area contributed by atoms with Crippen LogP contribution in [0.1, 0.15) is 16.8 Å². The van der Waals surface area contributed by atoms with Crippen molar-refractivity contribution < 1.29 is 27.5 Å². The van der Waals surface area contributed by atoms with E-state index < -0.39 is 29.1 Å². The minimum Gasteiger partial charge on any atom is -0.495 e. The summed E-state index contributed by atoms with van der Waals surface area (Å²) < 4.78 is 54.8. The first-order valence-electron chi connectivity index (χ1n) is 10.9. The maximum absolute atomic E-state index is 14.1. The van der Waals surface area contributed by atoms with Crippen molar-refractivity contribution in [2.24, 2.45) is 5.16 Å². The first-order valence-corrected chi connectivity index (χ1v) is 10.9.